The Balaban J connectivity index is 1.76. The number of amides is 1. The number of rotatable bonds is 8. The first-order valence-corrected chi connectivity index (χ1v) is 10.6. The number of benzene rings is 3. The molecule has 0 fully saturated rings. The summed E-state index contributed by atoms with van der Waals surface area (Å²) in [6, 6.07) is 26.9. The SMILES string of the molecule is C[C@@H](NC(=O)Cc1ccccc1)P(=O)(Oc1ccccc1)Oc1ccccc1. The number of hydrogen-bond acceptors (Lipinski definition) is 4. The van der Waals surface area contributed by atoms with Crippen LogP contribution in [0.25, 0.3) is 0 Å². The molecular weight excluding hydrogens is 373 g/mol. The van der Waals surface area contributed by atoms with E-state index in [0.717, 1.165) is 5.56 Å². The summed E-state index contributed by atoms with van der Waals surface area (Å²) in [6.07, 6.45) is 0.182. The molecule has 0 aliphatic carbocycles. The molecule has 1 amide bonds. The highest BCUT2D eigenvalue weighted by Gasteiger charge is 2.37. The van der Waals surface area contributed by atoms with Crippen molar-refractivity contribution in [3.63, 3.8) is 0 Å². The molecule has 3 aromatic rings. The van der Waals surface area contributed by atoms with Crippen LogP contribution in [0.4, 0.5) is 0 Å². The summed E-state index contributed by atoms with van der Waals surface area (Å²) < 4.78 is 25.1. The average Bonchev–Trinajstić information content (AvgIpc) is 2.70. The number of carbonyl (C=O) groups excluding carboxylic acids is 1. The predicted molar refractivity (Wildman–Crippen MR) is 109 cm³/mol. The fourth-order valence-electron chi connectivity index (χ4n) is 2.58. The number of carbonyl (C=O) groups is 1. The highest BCUT2D eigenvalue weighted by atomic mass is 31.2. The Bertz CT molecular complexity index is 887. The van der Waals surface area contributed by atoms with Gasteiger partial charge in [-0.05, 0) is 36.8 Å². The van der Waals surface area contributed by atoms with E-state index >= 15 is 0 Å². The Hall–Kier alpha value is -3.04. The first kappa shape index (κ1) is 19.7. The van der Waals surface area contributed by atoms with Crippen molar-refractivity contribution >= 4 is 13.5 Å². The highest BCUT2D eigenvalue weighted by Crippen LogP contribution is 2.51. The largest absolute Gasteiger partial charge is 0.452 e. The zero-order valence-corrected chi connectivity index (χ0v) is 16.4. The minimum absolute atomic E-state index is 0.182. The third kappa shape index (κ3) is 5.48. The summed E-state index contributed by atoms with van der Waals surface area (Å²) >= 11 is 0. The molecule has 5 nitrogen and oxygen atoms in total. The van der Waals surface area contributed by atoms with E-state index in [1.807, 2.05) is 42.5 Å². The van der Waals surface area contributed by atoms with E-state index < -0.39 is 13.4 Å². The van der Waals surface area contributed by atoms with Crippen LogP contribution in [0.2, 0.25) is 0 Å². The minimum Gasteiger partial charge on any atom is -0.415 e. The molecule has 3 rings (SSSR count). The van der Waals surface area contributed by atoms with E-state index in [2.05, 4.69) is 5.32 Å². The summed E-state index contributed by atoms with van der Waals surface area (Å²) in [4.78, 5) is 12.4. The highest BCUT2D eigenvalue weighted by molar-refractivity contribution is 7.55. The molecule has 0 bridgehead atoms. The average molecular weight is 395 g/mol. The van der Waals surface area contributed by atoms with Gasteiger partial charge in [0, 0.05) is 0 Å². The number of para-hydroxylation sites is 2. The number of nitrogens with one attached hydrogen (secondary N) is 1. The molecule has 0 saturated carbocycles. The van der Waals surface area contributed by atoms with Gasteiger partial charge in [0.25, 0.3) is 0 Å². The smallest absolute Gasteiger partial charge is 0.415 e. The molecule has 0 saturated heterocycles. The zero-order chi connectivity index (χ0) is 19.8. The van der Waals surface area contributed by atoms with E-state index in [0.29, 0.717) is 11.5 Å². The molecule has 144 valence electrons. The van der Waals surface area contributed by atoms with Gasteiger partial charge in [0.05, 0.1) is 6.42 Å². The number of hydrogen-bond donors (Lipinski definition) is 1. The Morgan fingerprint density at radius 2 is 1.25 bits per heavy atom. The van der Waals surface area contributed by atoms with Gasteiger partial charge in [-0.2, -0.15) is 0 Å². The van der Waals surface area contributed by atoms with Gasteiger partial charge < -0.3 is 14.4 Å². The maximum Gasteiger partial charge on any atom is 0.452 e. The van der Waals surface area contributed by atoms with E-state index in [1.165, 1.54) is 0 Å². The van der Waals surface area contributed by atoms with Crippen molar-refractivity contribution in [2.45, 2.75) is 19.1 Å². The van der Waals surface area contributed by atoms with Crippen molar-refractivity contribution in [3.8, 4) is 11.5 Å². The van der Waals surface area contributed by atoms with Crippen molar-refractivity contribution in [1.82, 2.24) is 5.32 Å². The van der Waals surface area contributed by atoms with Crippen LogP contribution in [0, 0.1) is 0 Å². The lowest BCUT2D eigenvalue weighted by Gasteiger charge is -2.25. The fourth-order valence-corrected chi connectivity index (χ4v) is 4.06. The quantitative estimate of drug-likeness (QED) is 0.543. The van der Waals surface area contributed by atoms with Gasteiger partial charge in [-0.3, -0.25) is 4.79 Å². The van der Waals surface area contributed by atoms with Gasteiger partial charge in [-0.25, -0.2) is 4.57 Å². The second kappa shape index (κ2) is 9.25. The lowest BCUT2D eigenvalue weighted by molar-refractivity contribution is -0.120. The van der Waals surface area contributed by atoms with Gasteiger partial charge in [0.2, 0.25) is 5.91 Å². The van der Waals surface area contributed by atoms with Crippen LogP contribution in [0.15, 0.2) is 91.0 Å². The first-order chi connectivity index (χ1) is 13.5. The maximum absolute atomic E-state index is 13.6. The Labute approximate surface area is 164 Å². The summed E-state index contributed by atoms with van der Waals surface area (Å²) in [5.74, 6) is -0.284. The molecule has 0 radical (unpaired) electrons. The lowest BCUT2D eigenvalue weighted by atomic mass is 10.1. The monoisotopic (exact) mass is 395 g/mol. The third-order valence-electron chi connectivity index (χ3n) is 4.00. The van der Waals surface area contributed by atoms with Crippen molar-refractivity contribution in [1.29, 1.82) is 0 Å². The van der Waals surface area contributed by atoms with Crippen molar-refractivity contribution in [3.05, 3.63) is 96.6 Å². The molecule has 6 heteroatoms. The second-order valence-corrected chi connectivity index (χ2v) is 8.47. The van der Waals surface area contributed by atoms with E-state index in [-0.39, 0.29) is 12.3 Å². The molecule has 0 heterocycles. The Morgan fingerprint density at radius 3 is 1.71 bits per heavy atom. The van der Waals surface area contributed by atoms with Crippen LogP contribution < -0.4 is 14.4 Å². The lowest BCUT2D eigenvalue weighted by Crippen LogP contribution is -2.36. The van der Waals surface area contributed by atoms with Gasteiger partial charge in [-0.15, -0.1) is 0 Å². The van der Waals surface area contributed by atoms with Crippen LogP contribution in [0.5, 0.6) is 11.5 Å². The van der Waals surface area contributed by atoms with Gasteiger partial charge >= 0.3 is 7.60 Å². The zero-order valence-electron chi connectivity index (χ0n) is 15.5. The van der Waals surface area contributed by atoms with Crippen LogP contribution in [0.3, 0.4) is 0 Å². The summed E-state index contributed by atoms with van der Waals surface area (Å²) in [6.45, 7) is 1.62. The van der Waals surface area contributed by atoms with Crippen molar-refractivity contribution < 1.29 is 18.4 Å². The molecule has 0 unspecified atom stereocenters. The van der Waals surface area contributed by atoms with Crippen LogP contribution in [0.1, 0.15) is 12.5 Å². The van der Waals surface area contributed by atoms with Gasteiger partial charge in [0.15, 0.2) is 5.78 Å². The Kier molecular flexibility index (Phi) is 6.51. The molecule has 0 aromatic heterocycles. The topological polar surface area (TPSA) is 64.6 Å². The molecule has 0 aliphatic rings. The van der Waals surface area contributed by atoms with Crippen LogP contribution in [-0.2, 0) is 15.8 Å². The van der Waals surface area contributed by atoms with Crippen molar-refractivity contribution in [2.24, 2.45) is 0 Å². The molecule has 0 spiro atoms. The first-order valence-electron chi connectivity index (χ1n) is 8.97. The van der Waals surface area contributed by atoms with Gasteiger partial charge in [-0.1, -0.05) is 66.7 Å². The Morgan fingerprint density at radius 1 is 0.821 bits per heavy atom. The molecule has 1 N–H and O–H groups in total. The van der Waals surface area contributed by atoms with Crippen LogP contribution >= 0.6 is 7.60 Å². The minimum atomic E-state index is -3.74. The normalized spacial score (nSPS) is 12.0. The standard InChI is InChI=1S/C22H22NO4P/c1-18(23-22(24)17-19-11-5-2-6-12-19)28(25,26-20-13-7-3-8-14-20)27-21-15-9-4-10-16-21/h2-16,18H,17H2,1H3,(H,23,24)/t18-/m0/s1. The third-order valence-corrected chi connectivity index (χ3v) is 6.01. The molecule has 3 aromatic carbocycles. The summed E-state index contributed by atoms with van der Waals surface area (Å²) in [5.41, 5.74) is 0.870. The maximum atomic E-state index is 13.6. The molecule has 1 atom stereocenters. The van der Waals surface area contributed by atoms with E-state index in [4.69, 9.17) is 9.05 Å². The van der Waals surface area contributed by atoms with Crippen molar-refractivity contribution in [2.75, 3.05) is 0 Å². The molecule has 28 heavy (non-hydrogen) atoms. The van der Waals surface area contributed by atoms with E-state index in [9.17, 15) is 9.36 Å². The van der Waals surface area contributed by atoms with Gasteiger partial charge in [0.1, 0.15) is 11.5 Å². The predicted octanol–water partition coefficient (Wildman–Crippen LogP) is 5.04. The molecular formula is C22H22NO4P. The van der Waals surface area contributed by atoms with Crippen LogP contribution in [-0.4, -0.2) is 11.7 Å². The second-order valence-electron chi connectivity index (χ2n) is 6.25. The van der Waals surface area contributed by atoms with E-state index in [1.54, 1.807) is 55.5 Å². The fraction of sp³-hybridized carbons (Fsp3) is 0.136. The summed E-state index contributed by atoms with van der Waals surface area (Å²) in [5, 5.41) is 2.76. The molecule has 0 aliphatic heterocycles. The summed E-state index contributed by atoms with van der Waals surface area (Å²) in [7, 11) is -3.74.